The topological polar surface area (TPSA) is 41.1 Å². The van der Waals surface area contributed by atoms with Crippen molar-refractivity contribution in [1.29, 1.82) is 0 Å². The predicted octanol–water partition coefficient (Wildman–Crippen LogP) is 3.27. The highest BCUT2D eigenvalue weighted by atomic mass is 35.5. The fraction of sp³-hybridized carbons (Fsp3) is 0.562. The molecule has 2 rings (SSSR count). The van der Waals surface area contributed by atoms with Crippen LogP contribution in [0.3, 0.4) is 0 Å². The monoisotopic (exact) mass is 294 g/mol. The minimum absolute atomic E-state index is 0.0363. The van der Waals surface area contributed by atoms with Crippen molar-refractivity contribution in [3.05, 3.63) is 34.9 Å². The van der Waals surface area contributed by atoms with Crippen LogP contribution in [0.4, 0.5) is 0 Å². The van der Waals surface area contributed by atoms with Crippen molar-refractivity contribution in [3.63, 3.8) is 0 Å². The number of benzene rings is 1. The summed E-state index contributed by atoms with van der Waals surface area (Å²) < 4.78 is 0. The van der Waals surface area contributed by atoms with Gasteiger partial charge in [-0.1, -0.05) is 55.5 Å². The second-order valence-electron chi connectivity index (χ2n) is 5.44. The molecule has 20 heavy (non-hydrogen) atoms. The largest absolute Gasteiger partial charge is 0.351 e. The maximum atomic E-state index is 11.8. The highest BCUT2D eigenvalue weighted by Crippen LogP contribution is 2.17. The Morgan fingerprint density at radius 2 is 1.85 bits per heavy atom. The normalized spacial score (nSPS) is 16.6. The first-order chi connectivity index (χ1) is 9.75. The van der Waals surface area contributed by atoms with Gasteiger partial charge in [0.25, 0.3) is 0 Å². The third-order valence-electron chi connectivity index (χ3n) is 3.84. The zero-order chi connectivity index (χ0) is 14.2. The summed E-state index contributed by atoms with van der Waals surface area (Å²) in [6.45, 7) is 0.889. The highest BCUT2D eigenvalue weighted by molar-refractivity contribution is 6.31. The van der Waals surface area contributed by atoms with Crippen LogP contribution in [-0.2, 0) is 11.3 Å². The number of hydrogen-bond acceptors (Lipinski definition) is 2. The van der Waals surface area contributed by atoms with E-state index < -0.39 is 0 Å². The fourth-order valence-electron chi connectivity index (χ4n) is 2.62. The molecule has 1 aromatic rings. The van der Waals surface area contributed by atoms with Crippen LogP contribution in [0.1, 0.15) is 44.1 Å². The predicted molar refractivity (Wildman–Crippen MR) is 82.8 cm³/mol. The molecule has 1 fully saturated rings. The van der Waals surface area contributed by atoms with Crippen molar-refractivity contribution < 1.29 is 4.79 Å². The molecule has 0 atom stereocenters. The SMILES string of the molecule is O=C(CNC1CCCCCC1)NCc1ccccc1Cl. The molecule has 1 aromatic carbocycles. The molecule has 0 aromatic heterocycles. The van der Waals surface area contributed by atoms with Gasteiger partial charge in [0.2, 0.25) is 5.91 Å². The Bertz CT molecular complexity index is 428. The maximum absolute atomic E-state index is 11.8. The van der Waals surface area contributed by atoms with Gasteiger partial charge >= 0.3 is 0 Å². The van der Waals surface area contributed by atoms with Crippen LogP contribution in [-0.4, -0.2) is 18.5 Å². The van der Waals surface area contributed by atoms with Crippen LogP contribution < -0.4 is 10.6 Å². The van der Waals surface area contributed by atoms with Crippen LogP contribution in [0.25, 0.3) is 0 Å². The Morgan fingerprint density at radius 1 is 1.15 bits per heavy atom. The molecule has 1 aliphatic carbocycles. The van der Waals surface area contributed by atoms with E-state index in [2.05, 4.69) is 10.6 Å². The summed E-state index contributed by atoms with van der Waals surface area (Å²) in [6.07, 6.45) is 7.60. The minimum atomic E-state index is 0.0363. The maximum Gasteiger partial charge on any atom is 0.234 e. The second kappa shape index (κ2) is 8.28. The van der Waals surface area contributed by atoms with Gasteiger partial charge in [0.1, 0.15) is 0 Å². The van der Waals surface area contributed by atoms with Gasteiger partial charge in [0, 0.05) is 17.6 Å². The lowest BCUT2D eigenvalue weighted by molar-refractivity contribution is -0.120. The van der Waals surface area contributed by atoms with Gasteiger partial charge in [-0.25, -0.2) is 0 Å². The van der Waals surface area contributed by atoms with Gasteiger partial charge in [-0.05, 0) is 24.5 Å². The Kier molecular flexibility index (Phi) is 6.34. The van der Waals surface area contributed by atoms with E-state index in [4.69, 9.17) is 11.6 Å². The fourth-order valence-corrected chi connectivity index (χ4v) is 2.82. The van der Waals surface area contributed by atoms with Gasteiger partial charge in [-0.15, -0.1) is 0 Å². The molecule has 0 saturated heterocycles. The third kappa shape index (κ3) is 5.14. The summed E-state index contributed by atoms with van der Waals surface area (Å²) in [4.78, 5) is 11.8. The average Bonchev–Trinajstić information content (AvgIpc) is 2.73. The second-order valence-corrected chi connectivity index (χ2v) is 5.84. The van der Waals surface area contributed by atoms with Crippen LogP contribution in [0, 0.1) is 0 Å². The van der Waals surface area contributed by atoms with Crippen molar-refractivity contribution in [2.24, 2.45) is 0 Å². The molecule has 1 aliphatic rings. The molecule has 0 unspecified atom stereocenters. The molecule has 0 heterocycles. The summed E-state index contributed by atoms with van der Waals surface area (Å²) in [5, 5.41) is 6.97. The molecule has 0 aliphatic heterocycles. The zero-order valence-corrected chi connectivity index (χ0v) is 12.6. The van der Waals surface area contributed by atoms with E-state index >= 15 is 0 Å². The summed E-state index contributed by atoms with van der Waals surface area (Å²) >= 11 is 6.06. The third-order valence-corrected chi connectivity index (χ3v) is 4.21. The number of carbonyl (C=O) groups is 1. The molecule has 3 nitrogen and oxygen atoms in total. The molecular weight excluding hydrogens is 272 g/mol. The van der Waals surface area contributed by atoms with Crippen molar-refractivity contribution in [2.45, 2.75) is 51.1 Å². The molecule has 0 spiro atoms. The number of nitrogens with one attached hydrogen (secondary N) is 2. The van der Waals surface area contributed by atoms with Crippen LogP contribution in [0.2, 0.25) is 5.02 Å². The van der Waals surface area contributed by atoms with Crippen molar-refractivity contribution in [1.82, 2.24) is 10.6 Å². The van der Waals surface area contributed by atoms with Crippen molar-refractivity contribution in [2.75, 3.05) is 6.54 Å². The number of rotatable bonds is 5. The lowest BCUT2D eigenvalue weighted by atomic mass is 10.1. The Hall–Kier alpha value is -1.06. The van der Waals surface area contributed by atoms with Crippen LogP contribution >= 0.6 is 11.6 Å². The average molecular weight is 295 g/mol. The molecule has 1 saturated carbocycles. The van der Waals surface area contributed by atoms with Gasteiger partial charge in [0.05, 0.1) is 6.54 Å². The van der Waals surface area contributed by atoms with Crippen LogP contribution in [0.5, 0.6) is 0 Å². The van der Waals surface area contributed by atoms with Gasteiger partial charge in [0.15, 0.2) is 0 Å². The van der Waals surface area contributed by atoms with E-state index in [1.807, 2.05) is 24.3 Å². The molecule has 110 valence electrons. The molecule has 0 radical (unpaired) electrons. The van der Waals surface area contributed by atoms with E-state index in [9.17, 15) is 4.79 Å². The summed E-state index contributed by atoms with van der Waals surface area (Å²) in [5.74, 6) is 0.0363. The van der Waals surface area contributed by atoms with E-state index in [0.29, 0.717) is 24.2 Å². The Labute approximate surface area is 126 Å². The lowest BCUT2D eigenvalue weighted by Crippen LogP contribution is -2.38. The summed E-state index contributed by atoms with van der Waals surface area (Å²) in [7, 11) is 0. The van der Waals surface area contributed by atoms with E-state index in [1.54, 1.807) is 0 Å². The quantitative estimate of drug-likeness (QED) is 0.818. The molecular formula is C16H23ClN2O. The van der Waals surface area contributed by atoms with Gasteiger partial charge in [-0.3, -0.25) is 4.79 Å². The van der Waals surface area contributed by atoms with Crippen LogP contribution in [0.15, 0.2) is 24.3 Å². The Morgan fingerprint density at radius 3 is 2.55 bits per heavy atom. The van der Waals surface area contributed by atoms with E-state index in [0.717, 1.165) is 5.56 Å². The molecule has 1 amide bonds. The van der Waals surface area contributed by atoms with Gasteiger partial charge < -0.3 is 10.6 Å². The molecule has 4 heteroatoms. The van der Waals surface area contributed by atoms with Crippen molar-refractivity contribution >= 4 is 17.5 Å². The number of carbonyl (C=O) groups excluding carboxylic acids is 1. The number of amides is 1. The number of hydrogen-bond donors (Lipinski definition) is 2. The first-order valence-corrected chi connectivity index (χ1v) is 7.87. The van der Waals surface area contributed by atoms with Gasteiger partial charge in [-0.2, -0.15) is 0 Å². The first kappa shape index (κ1) is 15.3. The van der Waals surface area contributed by atoms with E-state index in [1.165, 1.54) is 38.5 Å². The minimum Gasteiger partial charge on any atom is -0.351 e. The van der Waals surface area contributed by atoms with E-state index in [-0.39, 0.29) is 5.91 Å². The zero-order valence-electron chi connectivity index (χ0n) is 11.8. The van der Waals surface area contributed by atoms with Crippen molar-refractivity contribution in [3.8, 4) is 0 Å². The highest BCUT2D eigenvalue weighted by Gasteiger charge is 2.12. The number of halogens is 1. The first-order valence-electron chi connectivity index (χ1n) is 7.49. The smallest absolute Gasteiger partial charge is 0.234 e. The molecule has 2 N–H and O–H groups in total. The Balaban J connectivity index is 1.69. The summed E-state index contributed by atoms with van der Waals surface area (Å²) in [5.41, 5.74) is 0.956. The molecule has 0 bridgehead atoms. The standard InChI is InChI=1S/C16H23ClN2O/c17-15-10-6-5-7-13(15)11-19-16(20)12-18-14-8-3-1-2-4-9-14/h5-7,10,14,18H,1-4,8-9,11-12H2,(H,19,20). The lowest BCUT2D eigenvalue weighted by Gasteiger charge is -2.16. The summed E-state index contributed by atoms with van der Waals surface area (Å²) in [6, 6.07) is 8.09.